The quantitative estimate of drug-likeness (QED) is 0.719. The van der Waals surface area contributed by atoms with Crippen molar-refractivity contribution in [3.63, 3.8) is 0 Å². The van der Waals surface area contributed by atoms with Gasteiger partial charge in [-0.1, -0.05) is 6.07 Å². The van der Waals surface area contributed by atoms with Crippen LogP contribution < -0.4 is 11.1 Å². The first kappa shape index (κ1) is 16.5. The fourth-order valence-corrected chi connectivity index (χ4v) is 2.59. The first-order valence-electron chi connectivity index (χ1n) is 6.52. The summed E-state index contributed by atoms with van der Waals surface area (Å²) in [6.45, 7) is 1.21. The number of carbonyl (C=O) groups excluding carboxylic acids is 3. The SMILES string of the molecule is Cc1ccc(C(=O)OCC(=O)Nc2sccc2C(N)=O)c(O)c1. The summed E-state index contributed by atoms with van der Waals surface area (Å²) in [6.07, 6.45) is 0. The highest BCUT2D eigenvalue weighted by atomic mass is 32.1. The van der Waals surface area contributed by atoms with E-state index in [9.17, 15) is 19.5 Å². The summed E-state index contributed by atoms with van der Waals surface area (Å²) in [5.41, 5.74) is 6.11. The van der Waals surface area contributed by atoms with Crippen LogP contribution in [-0.4, -0.2) is 29.5 Å². The lowest BCUT2D eigenvalue weighted by Gasteiger charge is -2.07. The third-order valence-electron chi connectivity index (χ3n) is 2.89. The van der Waals surface area contributed by atoms with Gasteiger partial charge in [-0.2, -0.15) is 0 Å². The van der Waals surface area contributed by atoms with E-state index in [1.807, 2.05) is 0 Å². The molecule has 2 amide bonds. The molecule has 0 aliphatic carbocycles. The van der Waals surface area contributed by atoms with Gasteiger partial charge in [0.15, 0.2) is 6.61 Å². The van der Waals surface area contributed by atoms with Crippen LogP contribution in [0.15, 0.2) is 29.6 Å². The van der Waals surface area contributed by atoms with Crippen molar-refractivity contribution in [2.45, 2.75) is 6.92 Å². The second-order valence-electron chi connectivity index (χ2n) is 4.67. The number of aromatic hydroxyl groups is 1. The van der Waals surface area contributed by atoms with Crippen molar-refractivity contribution in [1.82, 2.24) is 0 Å². The minimum absolute atomic E-state index is 0.0302. The molecule has 2 aromatic rings. The molecule has 1 heterocycles. The van der Waals surface area contributed by atoms with E-state index < -0.39 is 24.4 Å². The van der Waals surface area contributed by atoms with Gasteiger partial charge in [0.05, 0.1) is 5.56 Å². The Balaban J connectivity index is 1.95. The number of hydrogen-bond acceptors (Lipinski definition) is 6. The molecule has 0 unspecified atom stereocenters. The van der Waals surface area contributed by atoms with Gasteiger partial charge in [0.25, 0.3) is 11.8 Å². The number of rotatable bonds is 5. The van der Waals surface area contributed by atoms with Crippen LogP contribution in [0.5, 0.6) is 5.75 Å². The molecule has 7 nitrogen and oxygen atoms in total. The van der Waals surface area contributed by atoms with Crippen molar-refractivity contribution >= 4 is 34.1 Å². The summed E-state index contributed by atoms with van der Waals surface area (Å²) in [5.74, 6) is -2.32. The molecule has 2 rings (SSSR count). The maximum Gasteiger partial charge on any atom is 0.342 e. The summed E-state index contributed by atoms with van der Waals surface area (Å²) in [5, 5.41) is 14.0. The zero-order valence-electron chi connectivity index (χ0n) is 12.2. The van der Waals surface area contributed by atoms with Crippen molar-refractivity contribution in [2.75, 3.05) is 11.9 Å². The van der Waals surface area contributed by atoms with Gasteiger partial charge in [-0.15, -0.1) is 11.3 Å². The van der Waals surface area contributed by atoms with Gasteiger partial charge in [-0.05, 0) is 36.1 Å². The number of anilines is 1. The maximum absolute atomic E-state index is 11.8. The Kier molecular flexibility index (Phi) is 4.97. The maximum atomic E-state index is 11.8. The van der Waals surface area contributed by atoms with Gasteiger partial charge >= 0.3 is 5.97 Å². The van der Waals surface area contributed by atoms with Gasteiger partial charge in [0.2, 0.25) is 0 Å². The van der Waals surface area contributed by atoms with Crippen molar-refractivity contribution in [3.05, 3.63) is 46.3 Å². The van der Waals surface area contributed by atoms with E-state index in [1.165, 1.54) is 18.2 Å². The number of amides is 2. The summed E-state index contributed by atoms with van der Waals surface area (Å²) in [4.78, 5) is 34.7. The smallest absolute Gasteiger partial charge is 0.342 e. The number of hydrogen-bond donors (Lipinski definition) is 3. The van der Waals surface area contributed by atoms with E-state index in [2.05, 4.69) is 5.32 Å². The van der Waals surface area contributed by atoms with E-state index in [-0.39, 0.29) is 21.9 Å². The zero-order valence-corrected chi connectivity index (χ0v) is 13.0. The molecular weight excluding hydrogens is 320 g/mol. The third kappa shape index (κ3) is 4.07. The van der Waals surface area contributed by atoms with Crippen LogP contribution in [0.2, 0.25) is 0 Å². The average molecular weight is 334 g/mol. The standard InChI is InChI=1S/C15H14N2O5S/c1-8-2-3-9(11(18)6-8)15(21)22-7-12(19)17-14-10(13(16)20)4-5-23-14/h2-6,18H,7H2,1H3,(H2,16,20)(H,17,19). The summed E-state index contributed by atoms with van der Waals surface area (Å²) >= 11 is 1.13. The number of carbonyl (C=O) groups is 3. The van der Waals surface area contributed by atoms with E-state index in [1.54, 1.807) is 18.4 Å². The molecule has 1 aromatic heterocycles. The number of ether oxygens (including phenoxy) is 1. The molecule has 1 aromatic carbocycles. The summed E-state index contributed by atoms with van der Waals surface area (Å²) in [7, 11) is 0. The minimum Gasteiger partial charge on any atom is -0.507 e. The van der Waals surface area contributed by atoms with Crippen LogP contribution in [0.3, 0.4) is 0 Å². The Hall–Kier alpha value is -2.87. The highest BCUT2D eigenvalue weighted by molar-refractivity contribution is 7.14. The second kappa shape index (κ2) is 6.93. The van der Waals surface area contributed by atoms with Crippen LogP contribution in [0.25, 0.3) is 0 Å². The Bertz CT molecular complexity index is 769. The predicted molar refractivity (Wildman–Crippen MR) is 84.6 cm³/mol. The van der Waals surface area contributed by atoms with E-state index in [0.29, 0.717) is 0 Å². The molecule has 0 atom stereocenters. The fourth-order valence-electron chi connectivity index (χ4n) is 1.79. The predicted octanol–water partition coefficient (Wildman–Crippen LogP) is 1.66. The normalized spacial score (nSPS) is 10.1. The number of thiophene rings is 1. The third-order valence-corrected chi connectivity index (χ3v) is 3.72. The number of phenols is 1. The summed E-state index contributed by atoms with van der Waals surface area (Å²) in [6, 6.07) is 5.96. The lowest BCUT2D eigenvalue weighted by atomic mass is 10.1. The molecule has 120 valence electrons. The molecule has 0 spiro atoms. The van der Waals surface area contributed by atoms with Gasteiger partial charge in [-0.25, -0.2) is 4.79 Å². The van der Waals surface area contributed by atoms with Crippen molar-refractivity contribution in [2.24, 2.45) is 5.73 Å². The van der Waals surface area contributed by atoms with Crippen LogP contribution >= 0.6 is 11.3 Å². The number of nitrogens with two attached hydrogens (primary N) is 1. The van der Waals surface area contributed by atoms with Crippen LogP contribution in [0.1, 0.15) is 26.3 Å². The average Bonchev–Trinajstić information content (AvgIpc) is 2.93. The Morgan fingerprint density at radius 3 is 2.65 bits per heavy atom. The zero-order chi connectivity index (χ0) is 17.0. The van der Waals surface area contributed by atoms with Crippen molar-refractivity contribution < 1.29 is 24.2 Å². The number of benzene rings is 1. The van der Waals surface area contributed by atoms with Gasteiger partial charge in [0.1, 0.15) is 16.3 Å². The van der Waals surface area contributed by atoms with Crippen LogP contribution in [0.4, 0.5) is 5.00 Å². The monoisotopic (exact) mass is 334 g/mol. The van der Waals surface area contributed by atoms with Crippen LogP contribution in [-0.2, 0) is 9.53 Å². The highest BCUT2D eigenvalue weighted by Gasteiger charge is 2.16. The van der Waals surface area contributed by atoms with E-state index in [4.69, 9.17) is 10.5 Å². The molecule has 0 saturated carbocycles. The Morgan fingerprint density at radius 1 is 1.26 bits per heavy atom. The molecule has 0 aliphatic rings. The summed E-state index contributed by atoms with van der Waals surface area (Å²) < 4.78 is 4.84. The van der Waals surface area contributed by atoms with Crippen LogP contribution in [0, 0.1) is 6.92 Å². The van der Waals surface area contributed by atoms with E-state index in [0.717, 1.165) is 16.9 Å². The lowest BCUT2D eigenvalue weighted by Crippen LogP contribution is -2.22. The second-order valence-corrected chi connectivity index (χ2v) is 5.59. The Morgan fingerprint density at radius 2 is 2.00 bits per heavy atom. The van der Waals surface area contributed by atoms with E-state index >= 15 is 0 Å². The number of phenolic OH excluding ortho intramolecular Hbond substituents is 1. The number of esters is 1. The molecule has 0 bridgehead atoms. The number of primary amides is 1. The topological polar surface area (TPSA) is 119 Å². The van der Waals surface area contributed by atoms with Crippen molar-refractivity contribution in [3.8, 4) is 5.75 Å². The molecule has 0 saturated heterocycles. The van der Waals surface area contributed by atoms with Gasteiger partial charge in [-0.3, -0.25) is 9.59 Å². The number of nitrogens with one attached hydrogen (secondary N) is 1. The van der Waals surface area contributed by atoms with Gasteiger partial charge in [0, 0.05) is 0 Å². The fraction of sp³-hybridized carbons (Fsp3) is 0.133. The molecule has 4 N–H and O–H groups in total. The van der Waals surface area contributed by atoms with Crippen molar-refractivity contribution in [1.29, 1.82) is 0 Å². The molecule has 0 radical (unpaired) electrons. The first-order valence-corrected chi connectivity index (χ1v) is 7.40. The molecule has 23 heavy (non-hydrogen) atoms. The minimum atomic E-state index is -0.820. The lowest BCUT2D eigenvalue weighted by molar-refractivity contribution is -0.119. The molecule has 8 heteroatoms. The largest absolute Gasteiger partial charge is 0.507 e. The number of aryl methyl sites for hydroxylation is 1. The molecule has 0 fully saturated rings. The molecular formula is C15H14N2O5S. The van der Waals surface area contributed by atoms with Gasteiger partial charge < -0.3 is 20.9 Å². The first-order chi connectivity index (χ1) is 10.9. The molecule has 0 aliphatic heterocycles. The Labute approximate surface area is 135 Å². The highest BCUT2D eigenvalue weighted by Crippen LogP contribution is 2.23.